The van der Waals surface area contributed by atoms with Crippen molar-refractivity contribution in [1.82, 2.24) is 5.32 Å². The molecule has 2 atom stereocenters. The number of carbonyl (C=O) groups excluding carboxylic acids is 1. The monoisotopic (exact) mass is 193 g/mol. The van der Waals surface area contributed by atoms with Gasteiger partial charge in [-0.2, -0.15) is 0 Å². The Hall–Kier alpha value is -0.630. The number of carbonyl (C=O) groups is 1. The molecule has 2 bridgehead atoms. The molecule has 0 radical (unpaired) electrons. The Morgan fingerprint density at radius 3 is 2.57 bits per heavy atom. The van der Waals surface area contributed by atoms with E-state index in [-0.39, 0.29) is 0 Å². The Morgan fingerprint density at radius 1 is 1.36 bits per heavy atom. The van der Waals surface area contributed by atoms with E-state index >= 15 is 0 Å². The summed E-state index contributed by atoms with van der Waals surface area (Å²) < 4.78 is 0. The molecule has 2 heterocycles. The highest BCUT2D eigenvalue weighted by Gasteiger charge is 2.33. The zero-order valence-corrected chi connectivity index (χ0v) is 8.67. The minimum atomic E-state index is 0.310. The average molecular weight is 193 g/mol. The van der Waals surface area contributed by atoms with Crippen LogP contribution in [-0.2, 0) is 4.79 Å². The first-order valence-electron chi connectivity index (χ1n) is 5.69. The lowest BCUT2D eigenvalue weighted by atomic mass is 9.78. The largest absolute Gasteiger partial charge is 0.311 e. The van der Waals surface area contributed by atoms with E-state index in [0.29, 0.717) is 30.2 Å². The van der Waals surface area contributed by atoms with Crippen molar-refractivity contribution < 1.29 is 4.79 Å². The number of rotatable bonds is 3. The second kappa shape index (κ2) is 4.26. The normalized spacial score (nSPS) is 36.4. The minimum Gasteiger partial charge on any atom is -0.311 e. The number of piperidine rings is 2. The summed E-state index contributed by atoms with van der Waals surface area (Å²) in [4.78, 5) is 11.7. The molecular formula is C12H19NO. The fraction of sp³-hybridized carbons (Fsp3) is 0.750. The molecule has 2 unspecified atom stereocenters. The van der Waals surface area contributed by atoms with Gasteiger partial charge in [-0.25, -0.2) is 0 Å². The van der Waals surface area contributed by atoms with Crippen molar-refractivity contribution >= 4 is 5.78 Å². The summed E-state index contributed by atoms with van der Waals surface area (Å²) in [5, 5.41) is 3.60. The van der Waals surface area contributed by atoms with Crippen LogP contribution in [0.1, 0.15) is 38.5 Å². The average Bonchev–Trinajstić information content (AvgIpc) is 2.17. The van der Waals surface area contributed by atoms with E-state index < -0.39 is 0 Å². The lowest BCUT2D eigenvalue weighted by Crippen LogP contribution is -2.49. The van der Waals surface area contributed by atoms with E-state index in [1.165, 1.54) is 19.3 Å². The number of hydrogen-bond donors (Lipinski definition) is 1. The number of Topliss-reactive ketones (excluding diaryl/α,β-unsaturated/α-hetero) is 1. The van der Waals surface area contributed by atoms with Crippen LogP contribution in [0.5, 0.6) is 0 Å². The highest BCUT2D eigenvalue weighted by molar-refractivity contribution is 5.82. The molecule has 2 aliphatic heterocycles. The number of fused-ring (bicyclic) bond motifs is 2. The summed E-state index contributed by atoms with van der Waals surface area (Å²) in [5.41, 5.74) is 0. The summed E-state index contributed by atoms with van der Waals surface area (Å²) in [6.07, 6.45) is 8.27. The lowest BCUT2D eigenvalue weighted by molar-refractivity contribution is -0.123. The lowest BCUT2D eigenvalue weighted by Gasteiger charge is -2.39. The van der Waals surface area contributed by atoms with E-state index in [9.17, 15) is 4.79 Å². The molecule has 0 amide bonds. The maximum Gasteiger partial charge on any atom is 0.139 e. The molecule has 2 aliphatic rings. The summed E-state index contributed by atoms with van der Waals surface area (Å²) in [5.74, 6) is 0.711. The van der Waals surface area contributed by atoms with E-state index in [2.05, 4.69) is 11.9 Å². The molecule has 0 aromatic carbocycles. The van der Waals surface area contributed by atoms with Crippen LogP contribution in [-0.4, -0.2) is 17.9 Å². The molecule has 2 rings (SSSR count). The van der Waals surface area contributed by atoms with Gasteiger partial charge in [0.15, 0.2) is 0 Å². The molecule has 78 valence electrons. The van der Waals surface area contributed by atoms with Crippen LogP contribution < -0.4 is 5.32 Å². The van der Waals surface area contributed by atoms with E-state index in [1.807, 2.05) is 0 Å². The highest BCUT2D eigenvalue weighted by atomic mass is 16.1. The van der Waals surface area contributed by atoms with Crippen LogP contribution in [0.4, 0.5) is 0 Å². The van der Waals surface area contributed by atoms with Crippen molar-refractivity contribution in [2.24, 2.45) is 5.92 Å². The number of ketones is 1. The fourth-order valence-corrected chi connectivity index (χ4v) is 2.84. The van der Waals surface area contributed by atoms with Crippen molar-refractivity contribution in [3.63, 3.8) is 0 Å². The Balaban J connectivity index is 1.94. The van der Waals surface area contributed by atoms with Gasteiger partial charge in [-0.1, -0.05) is 12.5 Å². The topological polar surface area (TPSA) is 29.1 Å². The second-order valence-electron chi connectivity index (χ2n) is 4.62. The first kappa shape index (κ1) is 9.91. The van der Waals surface area contributed by atoms with Gasteiger partial charge in [0.25, 0.3) is 0 Å². The number of hydrogen-bond acceptors (Lipinski definition) is 2. The summed E-state index contributed by atoms with van der Waals surface area (Å²) in [6.45, 7) is 3.63. The van der Waals surface area contributed by atoms with Gasteiger partial charge in [-0.05, 0) is 25.7 Å². The van der Waals surface area contributed by atoms with Crippen LogP contribution in [0.15, 0.2) is 12.7 Å². The smallest absolute Gasteiger partial charge is 0.139 e. The van der Waals surface area contributed by atoms with E-state index in [1.54, 1.807) is 6.08 Å². The molecule has 14 heavy (non-hydrogen) atoms. The Bertz CT molecular complexity index is 224. The maximum atomic E-state index is 11.7. The van der Waals surface area contributed by atoms with E-state index in [4.69, 9.17) is 0 Å². The SMILES string of the molecule is C=CCC(=O)C1CC2CCCC(C1)N2. The predicted octanol–water partition coefficient (Wildman–Crippen LogP) is 2.05. The number of allylic oxidation sites excluding steroid dienone is 1. The molecule has 0 spiro atoms. The van der Waals surface area contributed by atoms with Crippen molar-refractivity contribution in [3.8, 4) is 0 Å². The molecule has 0 aromatic heterocycles. The van der Waals surface area contributed by atoms with Crippen molar-refractivity contribution in [3.05, 3.63) is 12.7 Å². The predicted molar refractivity (Wildman–Crippen MR) is 57.1 cm³/mol. The molecular weight excluding hydrogens is 174 g/mol. The second-order valence-corrected chi connectivity index (χ2v) is 4.62. The standard InChI is InChI=1S/C12H19NO/c1-2-4-12(14)9-7-10-5-3-6-11(8-9)13-10/h2,9-11,13H,1,3-8H2. The number of nitrogens with one attached hydrogen (secondary N) is 1. The van der Waals surface area contributed by atoms with Gasteiger partial charge >= 0.3 is 0 Å². The quantitative estimate of drug-likeness (QED) is 0.695. The van der Waals surface area contributed by atoms with Crippen molar-refractivity contribution in [2.75, 3.05) is 0 Å². The van der Waals surface area contributed by atoms with Crippen LogP contribution in [0, 0.1) is 5.92 Å². The first-order chi connectivity index (χ1) is 6.79. The first-order valence-corrected chi connectivity index (χ1v) is 5.69. The Labute approximate surface area is 85.8 Å². The van der Waals surface area contributed by atoms with Crippen LogP contribution in [0.2, 0.25) is 0 Å². The third-order valence-electron chi connectivity index (χ3n) is 3.52. The van der Waals surface area contributed by atoms with Crippen LogP contribution >= 0.6 is 0 Å². The molecule has 2 fully saturated rings. The Morgan fingerprint density at radius 2 is 2.00 bits per heavy atom. The van der Waals surface area contributed by atoms with Crippen LogP contribution in [0.25, 0.3) is 0 Å². The fourth-order valence-electron chi connectivity index (χ4n) is 2.84. The van der Waals surface area contributed by atoms with E-state index in [0.717, 1.165) is 12.8 Å². The zero-order chi connectivity index (χ0) is 9.97. The summed E-state index contributed by atoms with van der Waals surface area (Å²) >= 11 is 0. The van der Waals surface area contributed by atoms with Gasteiger partial charge in [-0.3, -0.25) is 4.79 Å². The van der Waals surface area contributed by atoms with Crippen LogP contribution in [0.3, 0.4) is 0 Å². The minimum absolute atomic E-state index is 0.310. The van der Waals surface area contributed by atoms with Gasteiger partial charge in [-0.15, -0.1) is 6.58 Å². The van der Waals surface area contributed by atoms with Gasteiger partial charge in [0.2, 0.25) is 0 Å². The molecule has 1 N–H and O–H groups in total. The summed E-state index contributed by atoms with van der Waals surface area (Å²) in [7, 11) is 0. The van der Waals surface area contributed by atoms with Gasteiger partial charge in [0.1, 0.15) is 5.78 Å². The Kier molecular flexibility index (Phi) is 3.02. The molecule has 0 saturated carbocycles. The van der Waals surface area contributed by atoms with Gasteiger partial charge in [0, 0.05) is 24.4 Å². The molecule has 0 aliphatic carbocycles. The third kappa shape index (κ3) is 2.06. The summed E-state index contributed by atoms with van der Waals surface area (Å²) in [6, 6.07) is 1.22. The van der Waals surface area contributed by atoms with Gasteiger partial charge < -0.3 is 5.32 Å². The van der Waals surface area contributed by atoms with Gasteiger partial charge in [0.05, 0.1) is 0 Å². The molecule has 2 nitrogen and oxygen atoms in total. The molecule has 2 heteroatoms. The zero-order valence-electron chi connectivity index (χ0n) is 8.67. The third-order valence-corrected chi connectivity index (χ3v) is 3.52. The molecule has 2 saturated heterocycles. The highest BCUT2D eigenvalue weighted by Crippen LogP contribution is 2.30. The maximum absolute atomic E-state index is 11.7. The van der Waals surface area contributed by atoms with Crippen molar-refractivity contribution in [2.45, 2.75) is 50.6 Å². The van der Waals surface area contributed by atoms with Crippen molar-refractivity contribution in [1.29, 1.82) is 0 Å². The molecule has 0 aromatic rings.